The first kappa shape index (κ1) is 21.0. The van der Waals surface area contributed by atoms with Crippen LogP contribution in [0.1, 0.15) is 29.7 Å². The zero-order valence-corrected chi connectivity index (χ0v) is 18.5. The first-order chi connectivity index (χ1) is 14.4. The van der Waals surface area contributed by atoms with Crippen LogP contribution in [0.25, 0.3) is 10.2 Å². The predicted molar refractivity (Wildman–Crippen MR) is 117 cm³/mol. The molecule has 30 heavy (non-hydrogen) atoms. The van der Waals surface area contributed by atoms with Crippen molar-refractivity contribution in [1.82, 2.24) is 24.3 Å². The Balaban J connectivity index is 1.29. The lowest BCUT2D eigenvalue weighted by molar-refractivity contribution is -0.134. The topological polar surface area (TPSA) is 78.8 Å². The number of rotatable bonds is 5. The highest BCUT2D eigenvalue weighted by Gasteiger charge is 2.25. The standard InChI is InChI=1S/C21H29N5O3S/c1-15-16(2)30-20-19(15)21(29)26(14-22-20)8-5-17(27)25-11-9-23(10-12-25)13-18(28)24-6-3-4-7-24/h14H,3-13H2,1-2H3. The SMILES string of the molecule is Cc1sc2ncn(CCC(=O)N3CCN(CC(=O)N4CCCC4)CC3)c(=O)c2c1C. The highest BCUT2D eigenvalue weighted by molar-refractivity contribution is 7.18. The number of fused-ring (bicyclic) bond motifs is 1. The van der Waals surface area contributed by atoms with Gasteiger partial charge in [0.2, 0.25) is 11.8 Å². The number of aromatic nitrogens is 2. The number of hydrogen-bond acceptors (Lipinski definition) is 6. The van der Waals surface area contributed by atoms with E-state index in [-0.39, 0.29) is 23.8 Å². The minimum absolute atomic E-state index is 0.0470. The molecule has 0 radical (unpaired) electrons. The van der Waals surface area contributed by atoms with Crippen LogP contribution in [0.15, 0.2) is 11.1 Å². The first-order valence-corrected chi connectivity index (χ1v) is 11.5. The molecule has 4 heterocycles. The van der Waals surface area contributed by atoms with Gasteiger partial charge in [-0.05, 0) is 32.3 Å². The van der Waals surface area contributed by atoms with E-state index < -0.39 is 0 Å². The van der Waals surface area contributed by atoms with Gasteiger partial charge in [-0.3, -0.25) is 23.9 Å². The Labute approximate surface area is 180 Å². The summed E-state index contributed by atoms with van der Waals surface area (Å²) in [5.74, 6) is 0.249. The van der Waals surface area contributed by atoms with E-state index >= 15 is 0 Å². The molecule has 2 aliphatic heterocycles. The summed E-state index contributed by atoms with van der Waals surface area (Å²) < 4.78 is 1.55. The Hall–Kier alpha value is -2.26. The Morgan fingerprint density at radius 2 is 1.67 bits per heavy atom. The van der Waals surface area contributed by atoms with Crippen LogP contribution >= 0.6 is 11.3 Å². The maximum absolute atomic E-state index is 12.8. The van der Waals surface area contributed by atoms with E-state index in [1.54, 1.807) is 10.9 Å². The first-order valence-electron chi connectivity index (χ1n) is 10.7. The molecule has 2 fully saturated rings. The maximum atomic E-state index is 12.8. The lowest BCUT2D eigenvalue weighted by Gasteiger charge is -2.35. The van der Waals surface area contributed by atoms with Gasteiger partial charge < -0.3 is 9.80 Å². The fourth-order valence-electron chi connectivity index (χ4n) is 4.22. The molecule has 9 heteroatoms. The summed E-state index contributed by atoms with van der Waals surface area (Å²) in [6.45, 7) is 9.16. The summed E-state index contributed by atoms with van der Waals surface area (Å²) in [5, 5.41) is 0.670. The molecule has 0 aromatic carbocycles. The van der Waals surface area contributed by atoms with Crippen molar-refractivity contribution in [3.63, 3.8) is 0 Å². The maximum Gasteiger partial charge on any atom is 0.262 e. The van der Waals surface area contributed by atoms with Crippen molar-refractivity contribution in [2.45, 2.75) is 39.7 Å². The molecular formula is C21H29N5O3S. The van der Waals surface area contributed by atoms with Crippen LogP contribution in [0.3, 0.4) is 0 Å². The zero-order chi connectivity index (χ0) is 21.3. The molecule has 2 aliphatic rings. The molecule has 4 rings (SSSR count). The van der Waals surface area contributed by atoms with Gasteiger partial charge in [0.1, 0.15) is 4.83 Å². The molecule has 0 atom stereocenters. The smallest absolute Gasteiger partial charge is 0.262 e. The van der Waals surface area contributed by atoms with Crippen molar-refractivity contribution < 1.29 is 9.59 Å². The van der Waals surface area contributed by atoms with Gasteiger partial charge in [-0.25, -0.2) is 4.98 Å². The van der Waals surface area contributed by atoms with Crippen molar-refractivity contribution in [2.24, 2.45) is 0 Å². The lowest BCUT2D eigenvalue weighted by Crippen LogP contribution is -2.51. The number of amides is 2. The molecule has 8 nitrogen and oxygen atoms in total. The van der Waals surface area contributed by atoms with E-state index in [0.717, 1.165) is 41.2 Å². The number of carbonyl (C=O) groups excluding carboxylic acids is 2. The normalized spacial score (nSPS) is 17.8. The second-order valence-electron chi connectivity index (χ2n) is 8.20. The van der Waals surface area contributed by atoms with Gasteiger partial charge in [0.25, 0.3) is 5.56 Å². The van der Waals surface area contributed by atoms with Crippen molar-refractivity contribution in [3.8, 4) is 0 Å². The van der Waals surface area contributed by atoms with Crippen molar-refractivity contribution in [1.29, 1.82) is 0 Å². The summed E-state index contributed by atoms with van der Waals surface area (Å²) in [4.78, 5) is 49.9. The average Bonchev–Trinajstić information content (AvgIpc) is 3.37. The number of thiophene rings is 1. The van der Waals surface area contributed by atoms with Gasteiger partial charge in [0.15, 0.2) is 0 Å². The third-order valence-corrected chi connectivity index (χ3v) is 7.38. The third-order valence-electron chi connectivity index (χ3n) is 6.27. The Bertz CT molecular complexity index is 1000. The van der Waals surface area contributed by atoms with Gasteiger partial charge in [-0.2, -0.15) is 0 Å². The van der Waals surface area contributed by atoms with Crippen LogP contribution in [0.2, 0.25) is 0 Å². The van der Waals surface area contributed by atoms with E-state index in [2.05, 4.69) is 9.88 Å². The number of hydrogen-bond donors (Lipinski definition) is 0. The Morgan fingerprint density at radius 3 is 2.37 bits per heavy atom. The Morgan fingerprint density at radius 1 is 1.00 bits per heavy atom. The Kier molecular flexibility index (Phi) is 6.19. The third kappa shape index (κ3) is 4.27. The van der Waals surface area contributed by atoms with E-state index in [0.29, 0.717) is 44.7 Å². The molecule has 0 N–H and O–H groups in total. The van der Waals surface area contributed by atoms with E-state index in [4.69, 9.17) is 0 Å². The van der Waals surface area contributed by atoms with Gasteiger partial charge in [0.05, 0.1) is 18.3 Å². The predicted octanol–water partition coefficient (Wildman–Crippen LogP) is 1.23. The molecule has 0 aliphatic carbocycles. The van der Waals surface area contributed by atoms with Gasteiger partial charge in [-0.1, -0.05) is 0 Å². The van der Waals surface area contributed by atoms with E-state index in [9.17, 15) is 14.4 Å². The number of carbonyl (C=O) groups is 2. The van der Waals surface area contributed by atoms with Crippen LogP contribution in [0.4, 0.5) is 0 Å². The highest BCUT2D eigenvalue weighted by atomic mass is 32.1. The number of nitrogens with zero attached hydrogens (tertiary/aromatic N) is 5. The van der Waals surface area contributed by atoms with Gasteiger partial charge >= 0.3 is 0 Å². The minimum Gasteiger partial charge on any atom is -0.342 e. The fraction of sp³-hybridized carbons (Fsp3) is 0.619. The zero-order valence-electron chi connectivity index (χ0n) is 17.7. The second kappa shape index (κ2) is 8.85. The van der Waals surface area contributed by atoms with E-state index in [1.807, 2.05) is 23.6 Å². The molecule has 2 aromatic rings. The fourth-order valence-corrected chi connectivity index (χ4v) is 5.20. The van der Waals surface area contributed by atoms with Crippen molar-refractivity contribution in [2.75, 3.05) is 45.8 Å². The van der Waals surface area contributed by atoms with Crippen LogP contribution in [-0.2, 0) is 16.1 Å². The molecule has 2 saturated heterocycles. The number of piperazine rings is 1. The molecule has 0 spiro atoms. The van der Waals surface area contributed by atoms with E-state index in [1.165, 1.54) is 11.3 Å². The van der Waals surface area contributed by atoms with Crippen LogP contribution in [0, 0.1) is 13.8 Å². The lowest BCUT2D eigenvalue weighted by atomic mass is 10.2. The van der Waals surface area contributed by atoms with Gasteiger partial charge in [-0.15, -0.1) is 11.3 Å². The average molecular weight is 432 g/mol. The number of aryl methyl sites for hydroxylation is 3. The molecule has 2 amide bonds. The highest BCUT2D eigenvalue weighted by Crippen LogP contribution is 2.25. The summed E-state index contributed by atoms with van der Waals surface area (Å²) in [5.41, 5.74) is 0.910. The molecule has 0 bridgehead atoms. The molecule has 162 valence electrons. The quantitative estimate of drug-likeness (QED) is 0.712. The molecule has 0 saturated carbocycles. The summed E-state index contributed by atoms with van der Waals surface area (Å²) in [6, 6.07) is 0. The van der Waals surface area contributed by atoms with Crippen molar-refractivity contribution >= 4 is 33.4 Å². The number of likely N-dealkylation sites (tertiary alicyclic amines) is 1. The monoisotopic (exact) mass is 431 g/mol. The minimum atomic E-state index is -0.0695. The van der Waals surface area contributed by atoms with Crippen LogP contribution in [0.5, 0.6) is 0 Å². The molecular weight excluding hydrogens is 402 g/mol. The summed E-state index contributed by atoms with van der Waals surface area (Å²) in [7, 11) is 0. The molecule has 0 unspecified atom stereocenters. The van der Waals surface area contributed by atoms with Crippen molar-refractivity contribution in [3.05, 3.63) is 27.1 Å². The van der Waals surface area contributed by atoms with Crippen LogP contribution in [-0.4, -0.2) is 81.9 Å². The second-order valence-corrected chi connectivity index (χ2v) is 9.40. The van der Waals surface area contributed by atoms with Crippen LogP contribution < -0.4 is 5.56 Å². The molecule has 2 aromatic heterocycles. The summed E-state index contributed by atoms with van der Waals surface area (Å²) >= 11 is 1.53. The summed E-state index contributed by atoms with van der Waals surface area (Å²) in [6.07, 6.45) is 4.04. The largest absolute Gasteiger partial charge is 0.342 e. The van der Waals surface area contributed by atoms with Gasteiger partial charge in [0, 0.05) is 57.1 Å².